The number of hydrogen-bond donors (Lipinski definition) is 2. The maximum Gasteiger partial charge on any atom is 0.149 e. The van der Waals surface area contributed by atoms with Crippen LogP contribution >= 0.6 is 11.6 Å². The van der Waals surface area contributed by atoms with Gasteiger partial charge in [-0.2, -0.15) is 0 Å². The van der Waals surface area contributed by atoms with Gasteiger partial charge in [-0.3, -0.25) is 0 Å². The molecule has 0 saturated carbocycles. The second-order valence-corrected chi connectivity index (χ2v) is 3.60. The van der Waals surface area contributed by atoms with Gasteiger partial charge >= 0.3 is 0 Å². The molecule has 84 valence electrons. The zero-order chi connectivity index (χ0) is 11.4. The van der Waals surface area contributed by atoms with Crippen molar-refractivity contribution < 1.29 is 13.9 Å². The highest BCUT2D eigenvalue weighted by atomic mass is 35.5. The van der Waals surface area contributed by atoms with E-state index in [-0.39, 0.29) is 18.1 Å². The van der Waals surface area contributed by atoms with E-state index in [9.17, 15) is 8.78 Å². The smallest absolute Gasteiger partial charge is 0.149 e. The Bertz CT molecular complexity index is 323. The monoisotopic (exact) mass is 235 g/mol. The fourth-order valence-corrected chi connectivity index (χ4v) is 1.25. The molecule has 15 heavy (non-hydrogen) atoms. The first-order chi connectivity index (χ1) is 7.04. The van der Waals surface area contributed by atoms with E-state index in [4.69, 9.17) is 16.7 Å². The van der Waals surface area contributed by atoms with E-state index in [2.05, 4.69) is 5.32 Å². The number of aryl methyl sites for hydroxylation is 1. The molecule has 0 amide bonds. The molecule has 1 rings (SSSR count). The first kappa shape index (κ1) is 12.2. The van der Waals surface area contributed by atoms with E-state index >= 15 is 0 Å². The Morgan fingerprint density at radius 2 is 1.93 bits per heavy atom. The van der Waals surface area contributed by atoms with Gasteiger partial charge in [-0.15, -0.1) is 11.6 Å². The van der Waals surface area contributed by atoms with Crippen LogP contribution in [0.15, 0.2) is 12.1 Å². The van der Waals surface area contributed by atoms with Crippen molar-refractivity contribution in [3.63, 3.8) is 0 Å². The minimum absolute atomic E-state index is 0.0143. The van der Waals surface area contributed by atoms with Crippen LogP contribution in [-0.4, -0.2) is 23.6 Å². The third kappa shape index (κ3) is 3.32. The van der Waals surface area contributed by atoms with Crippen molar-refractivity contribution in [3.05, 3.63) is 29.3 Å². The summed E-state index contributed by atoms with van der Waals surface area (Å²) in [6, 6.07) is 2.44. The summed E-state index contributed by atoms with van der Waals surface area (Å²) in [5.41, 5.74) is 0.276. The lowest BCUT2D eigenvalue weighted by Crippen LogP contribution is -2.21. The molecule has 1 aromatic rings. The summed E-state index contributed by atoms with van der Waals surface area (Å²) in [6.45, 7) is 1.62. The van der Waals surface area contributed by atoms with Crippen molar-refractivity contribution in [2.45, 2.75) is 13.0 Å². The molecule has 0 aromatic heterocycles. The number of nitrogens with one attached hydrogen (secondary N) is 1. The van der Waals surface area contributed by atoms with Crippen molar-refractivity contribution in [1.29, 1.82) is 0 Å². The summed E-state index contributed by atoms with van der Waals surface area (Å²) in [5.74, 6) is -1.33. The van der Waals surface area contributed by atoms with Crippen LogP contribution in [0.1, 0.15) is 5.56 Å². The van der Waals surface area contributed by atoms with E-state index in [0.717, 1.165) is 0 Å². The molecular weight excluding hydrogens is 224 g/mol. The van der Waals surface area contributed by atoms with Gasteiger partial charge < -0.3 is 10.4 Å². The first-order valence-electron chi connectivity index (χ1n) is 4.48. The Morgan fingerprint density at radius 1 is 1.40 bits per heavy atom. The predicted octanol–water partition coefficient (Wildman–Crippen LogP) is 2.28. The lowest BCUT2D eigenvalue weighted by molar-refractivity contribution is 0.211. The number of aliphatic hydroxyl groups is 1. The highest BCUT2D eigenvalue weighted by Crippen LogP contribution is 2.20. The van der Waals surface area contributed by atoms with E-state index in [0.29, 0.717) is 5.56 Å². The minimum Gasteiger partial charge on any atom is -0.390 e. The summed E-state index contributed by atoms with van der Waals surface area (Å²) < 4.78 is 26.5. The molecule has 0 spiro atoms. The van der Waals surface area contributed by atoms with Crippen LogP contribution in [0.25, 0.3) is 0 Å². The van der Waals surface area contributed by atoms with Crippen LogP contribution in [0.5, 0.6) is 0 Å². The van der Waals surface area contributed by atoms with E-state index in [1.165, 1.54) is 12.1 Å². The van der Waals surface area contributed by atoms with Crippen molar-refractivity contribution >= 4 is 17.3 Å². The average Bonchev–Trinajstić information content (AvgIpc) is 2.15. The molecule has 1 atom stereocenters. The van der Waals surface area contributed by atoms with E-state index in [1.54, 1.807) is 6.92 Å². The van der Waals surface area contributed by atoms with Crippen LogP contribution < -0.4 is 5.32 Å². The molecule has 0 heterocycles. The minimum atomic E-state index is -0.827. The van der Waals surface area contributed by atoms with Crippen LogP contribution in [0, 0.1) is 18.6 Å². The second kappa shape index (κ2) is 5.28. The van der Waals surface area contributed by atoms with Crippen molar-refractivity contribution in [1.82, 2.24) is 0 Å². The molecule has 5 heteroatoms. The fourth-order valence-electron chi connectivity index (χ4n) is 1.14. The molecule has 0 aliphatic carbocycles. The normalized spacial score (nSPS) is 12.6. The highest BCUT2D eigenvalue weighted by molar-refractivity contribution is 6.18. The maximum atomic E-state index is 13.2. The SMILES string of the molecule is Cc1cc(F)c(NCC(O)CCl)c(F)c1. The molecule has 0 saturated heterocycles. The van der Waals surface area contributed by atoms with Gasteiger partial charge in [-0.25, -0.2) is 8.78 Å². The van der Waals surface area contributed by atoms with Crippen molar-refractivity contribution in [2.75, 3.05) is 17.7 Å². The Labute approximate surface area is 91.9 Å². The zero-order valence-corrected chi connectivity index (χ0v) is 8.98. The third-order valence-electron chi connectivity index (χ3n) is 1.88. The number of anilines is 1. The Kier molecular flexibility index (Phi) is 4.29. The molecule has 1 unspecified atom stereocenters. The van der Waals surface area contributed by atoms with Crippen LogP contribution in [0.4, 0.5) is 14.5 Å². The molecule has 0 fully saturated rings. The largest absolute Gasteiger partial charge is 0.390 e. The van der Waals surface area contributed by atoms with Crippen LogP contribution in [0.2, 0.25) is 0 Å². The molecule has 2 nitrogen and oxygen atoms in total. The Balaban J connectivity index is 2.77. The third-order valence-corrected chi connectivity index (χ3v) is 2.24. The molecular formula is C10H12ClF2NO. The Hall–Kier alpha value is -0.870. The number of aliphatic hydroxyl groups excluding tert-OH is 1. The standard InChI is InChI=1S/C10H12ClF2NO/c1-6-2-8(12)10(9(13)3-6)14-5-7(15)4-11/h2-3,7,14-15H,4-5H2,1H3. The molecule has 0 aliphatic heterocycles. The number of benzene rings is 1. The number of alkyl halides is 1. The molecule has 2 N–H and O–H groups in total. The van der Waals surface area contributed by atoms with E-state index in [1.807, 2.05) is 0 Å². The van der Waals surface area contributed by atoms with Gasteiger partial charge in [0.05, 0.1) is 12.0 Å². The predicted molar refractivity (Wildman–Crippen MR) is 56.3 cm³/mol. The Morgan fingerprint density at radius 3 is 2.40 bits per heavy atom. The summed E-state index contributed by atoms with van der Waals surface area (Å²) >= 11 is 5.35. The van der Waals surface area contributed by atoms with Gasteiger partial charge in [0.25, 0.3) is 0 Å². The molecule has 1 aromatic carbocycles. The van der Waals surface area contributed by atoms with Gasteiger partial charge in [-0.1, -0.05) is 0 Å². The fraction of sp³-hybridized carbons (Fsp3) is 0.400. The van der Waals surface area contributed by atoms with Gasteiger partial charge in [-0.05, 0) is 24.6 Å². The van der Waals surface area contributed by atoms with Crippen LogP contribution in [-0.2, 0) is 0 Å². The van der Waals surface area contributed by atoms with Gasteiger partial charge in [0, 0.05) is 6.54 Å². The van der Waals surface area contributed by atoms with Crippen molar-refractivity contribution in [3.8, 4) is 0 Å². The topological polar surface area (TPSA) is 32.3 Å². The van der Waals surface area contributed by atoms with Crippen LogP contribution in [0.3, 0.4) is 0 Å². The molecule has 0 bridgehead atoms. The van der Waals surface area contributed by atoms with E-state index < -0.39 is 17.7 Å². The molecule has 0 radical (unpaired) electrons. The van der Waals surface area contributed by atoms with Crippen molar-refractivity contribution in [2.24, 2.45) is 0 Å². The summed E-state index contributed by atoms with van der Waals surface area (Å²) in [4.78, 5) is 0. The summed E-state index contributed by atoms with van der Waals surface area (Å²) in [5, 5.41) is 11.6. The second-order valence-electron chi connectivity index (χ2n) is 3.29. The average molecular weight is 236 g/mol. The molecule has 0 aliphatic rings. The van der Waals surface area contributed by atoms with Gasteiger partial charge in [0.1, 0.15) is 17.3 Å². The first-order valence-corrected chi connectivity index (χ1v) is 5.01. The summed E-state index contributed by atoms with van der Waals surface area (Å²) in [6.07, 6.45) is -0.827. The highest BCUT2D eigenvalue weighted by Gasteiger charge is 2.10. The number of halogens is 3. The lowest BCUT2D eigenvalue weighted by atomic mass is 10.2. The number of hydrogen-bond acceptors (Lipinski definition) is 2. The van der Waals surface area contributed by atoms with Gasteiger partial charge in [0.15, 0.2) is 0 Å². The van der Waals surface area contributed by atoms with Gasteiger partial charge in [0.2, 0.25) is 0 Å². The quantitative estimate of drug-likeness (QED) is 0.785. The maximum absolute atomic E-state index is 13.2. The lowest BCUT2D eigenvalue weighted by Gasteiger charge is -2.12. The number of rotatable bonds is 4. The summed E-state index contributed by atoms with van der Waals surface area (Å²) in [7, 11) is 0. The zero-order valence-electron chi connectivity index (χ0n) is 8.23.